The normalized spacial score (nSPS) is 20.3. The third-order valence-electron chi connectivity index (χ3n) is 5.72. The summed E-state index contributed by atoms with van der Waals surface area (Å²) >= 11 is 0. The Morgan fingerprint density at radius 2 is 1.74 bits per heavy atom. The van der Waals surface area contributed by atoms with Gasteiger partial charge in [0.25, 0.3) is 0 Å². The zero-order chi connectivity index (χ0) is 21.6. The van der Waals surface area contributed by atoms with Gasteiger partial charge in [-0.25, -0.2) is 4.79 Å². The molecule has 3 unspecified atom stereocenters. The molecule has 4 rings (SSSR count). The first-order chi connectivity index (χ1) is 15.2. The molecule has 0 aliphatic carbocycles. The number of fused-ring (bicyclic) bond motifs is 1. The molecule has 1 heterocycles. The molecule has 2 N–H and O–H groups in total. The van der Waals surface area contributed by atoms with E-state index >= 15 is 0 Å². The van der Waals surface area contributed by atoms with Crippen LogP contribution in [0.3, 0.4) is 0 Å². The number of benzene rings is 3. The molecule has 0 amide bonds. The van der Waals surface area contributed by atoms with Gasteiger partial charge < -0.3 is 19.9 Å². The number of ether oxygens (including phenoxy) is 2. The molecule has 3 aromatic rings. The lowest BCUT2D eigenvalue weighted by Gasteiger charge is -2.24. The molecule has 1 aliphatic heterocycles. The maximum atomic E-state index is 11.8. The minimum atomic E-state index is -0.675. The van der Waals surface area contributed by atoms with Gasteiger partial charge in [0.15, 0.2) is 0 Å². The van der Waals surface area contributed by atoms with E-state index in [9.17, 15) is 9.90 Å². The summed E-state index contributed by atoms with van der Waals surface area (Å²) in [7, 11) is 1.37. The van der Waals surface area contributed by atoms with Gasteiger partial charge in [-0.2, -0.15) is 0 Å². The van der Waals surface area contributed by atoms with Crippen molar-refractivity contribution in [1.29, 1.82) is 0 Å². The summed E-state index contributed by atoms with van der Waals surface area (Å²) in [6, 6.07) is 25.0. The maximum Gasteiger partial charge on any atom is 0.337 e. The van der Waals surface area contributed by atoms with Crippen LogP contribution in [0, 0.1) is 0 Å². The van der Waals surface area contributed by atoms with Crippen LogP contribution in [0.1, 0.15) is 45.7 Å². The smallest absolute Gasteiger partial charge is 0.337 e. The van der Waals surface area contributed by atoms with Crippen LogP contribution in [-0.4, -0.2) is 30.8 Å². The molecule has 0 saturated heterocycles. The number of aliphatic hydroxyl groups excluding tert-OH is 1. The number of rotatable bonds is 6. The Hall–Kier alpha value is -3.15. The summed E-state index contributed by atoms with van der Waals surface area (Å²) in [6.07, 6.45) is 0.554. The first-order valence-corrected chi connectivity index (χ1v) is 10.5. The first kappa shape index (κ1) is 21.1. The molecule has 31 heavy (non-hydrogen) atoms. The van der Waals surface area contributed by atoms with Gasteiger partial charge in [0, 0.05) is 18.0 Å². The van der Waals surface area contributed by atoms with Crippen molar-refractivity contribution in [3.63, 3.8) is 0 Å². The molecule has 5 nitrogen and oxygen atoms in total. The average molecular weight is 418 g/mol. The predicted molar refractivity (Wildman–Crippen MR) is 119 cm³/mol. The lowest BCUT2D eigenvalue weighted by molar-refractivity contribution is 0.0600. The van der Waals surface area contributed by atoms with Gasteiger partial charge in [-0.15, -0.1) is 0 Å². The van der Waals surface area contributed by atoms with Crippen LogP contribution in [0.5, 0.6) is 5.75 Å². The highest BCUT2D eigenvalue weighted by atomic mass is 16.5. The summed E-state index contributed by atoms with van der Waals surface area (Å²) in [5.41, 5.74) is 3.49. The lowest BCUT2D eigenvalue weighted by atomic mass is 9.95. The first-order valence-electron chi connectivity index (χ1n) is 10.5. The molecule has 5 heteroatoms. The molecule has 1 aliphatic rings. The fraction of sp³-hybridized carbons (Fsp3) is 0.269. The van der Waals surface area contributed by atoms with Gasteiger partial charge in [0.2, 0.25) is 0 Å². The van der Waals surface area contributed by atoms with Gasteiger partial charge in [0.1, 0.15) is 11.9 Å². The van der Waals surface area contributed by atoms with E-state index < -0.39 is 6.10 Å². The lowest BCUT2D eigenvalue weighted by Crippen LogP contribution is -2.37. The van der Waals surface area contributed by atoms with Crippen LogP contribution in [-0.2, 0) is 11.2 Å². The minimum Gasteiger partial charge on any atom is -0.485 e. The molecule has 3 aromatic carbocycles. The molecule has 0 bridgehead atoms. The Morgan fingerprint density at radius 1 is 1.03 bits per heavy atom. The Kier molecular flexibility index (Phi) is 6.65. The van der Waals surface area contributed by atoms with Crippen molar-refractivity contribution < 1.29 is 19.4 Å². The minimum absolute atomic E-state index is 0.169. The largest absolute Gasteiger partial charge is 0.485 e. The van der Waals surface area contributed by atoms with E-state index in [-0.39, 0.29) is 18.1 Å². The summed E-state index contributed by atoms with van der Waals surface area (Å²) in [5, 5.41) is 14.6. The summed E-state index contributed by atoms with van der Waals surface area (Å²) in [5.74, 6) is 0.318. The predicted octanol–water partition coefficient (Wildman–Crippen LogP) is 4.23. The molecule has 0 radical (unpaired) electrons. The zero-order valence-electron chi connectivity index (χ0n) is 17.5. The maximum absolute atomic E-state index is 11.8. The second kappa shape index (κ2) is 9.77. The monoisotopic (exact) mass is 417 g/mol. The van der Waals surface area contributed by atoms with Crippen LogP contribution >= 0.6 is 0 Å². The number of hydrogen-bond donors (Lipinski definition) is 2. The zero-order valence-corrected chi connectivity index (χ0v) is 17.5. The van der Waals surface area contributed by atoms with E-state index in [2.05, 4.69) is 17.4 Å². The van der Waals surface area contributed by atoms with Crippen LogP contribution in [0.25, 0.3) is 0 Å². The van der Waals surface area contributed by atoms with Crippen molar-refractivity contribution in [3.8, 4) is 5.75 Å². The molecule has 0 saturated carbocycles. The number of para-hydroxylation sites is 1. The van der Waals surface area contributed by atoms with Gasteiger partial charge in [0.05, 0.1) is 18.8 Å². The Bertz CT molecular complexity index is 1000. The van der Waals surface area contributed by atoms with Crippen molar-refractivity contribution in [2.45, 2.75) is 31.1 Å². The van der Waals surface area contributed by atoms with Crippen LogP contribution in [0.15, 0.2) is 78.9 Å². The quantitative estimate of drug-likeness (QED) is 0.588. The number of aliphatic hydroxyl groups is 1. The van der Waals surface area contributed by atoms with Crippen molar-refractivity contribution in [2.75, 3.05) is 13.7 Å². The van der Waals surface area contributed by atoms with Gasteiger partial charge in [-0.05, 0) is 42.3 Å². The number of carbonyl (C=O) groups is 1. The van der Waals surface area contributed by atoms with Crippen LogP contribution in [0.2, 0.25) is 0 Å². The van der Waals surface area contributed by atoms with E-state index in [1.54, 1.807) is 12.1 Å². The number of carbonyl (C=O) groups excluding carboxylic acids is 1. The second-order valence-electron chi connectivity index (χ2n) is 7.73. The van der Waals surface area contributed by atoms with E-state index in [0.29, 0.717) is 17.7 Å². The third-order valence-corrected chi connectivity index (χ3v) is 5.72. The fourth-order valence-electron chi connectivity index (χ4n) is 4.01. The van der Waals surface area contributed by atoms with Crippen LogP contribution < -0.4 is 10.1 Å². The Morgan fingerprint density at radius 3 is 2.48 bits per heavy atom. The highest BCUT2D eigenvalue weighted by Crippen LogP contribution is 2.38. The molecular weight excluding hydrogens is 390 g/mol. The highest BCUT2D eigenvalue weighted by molar-refractivity contribution is 5.89. The fourth-order valence-corrected chi connectivity index (χ4v) is 4.01. The SMILES string of the molecule is COC(=O)c1ccc(C2CC(NCCc3ccccc3)C(O)c3ccccc3O2)cc1. The second-order valence-corrected chi connectivity index (χ2v) is 7.73. The molecule has 3 atom stereocenters. The Labute approximate surface area is 182 Å². The number of hydrogen-bond acceptors (Lipinski definition) is 5. The molecule has 0 aromatic heterocycles. The topological polar surface area (TPSA) is 67.8 Å². The van der Waals surface area contributed by atoms with E-state index in [0.717, 1.165) is 24.1 Å². The van der Waals surface area contributed by atoms with Crippen LogP contribution in [0.4, 0.5) is 0 Å². The van der Waals surface area contributed by atoms with Gasteiger partial charge in [-0.1, -0.05) is 60.7 Å². The van der Waals surface area contributed by atoms with Crippen molar-refractivity contribution >= 4 is 5.97 Å². The van der Waals surface area contributed by atoms with Crippen molar-refractivity contribution in [2.24, 2.45) is 0 Å². The number of nitrogens with one attached hydrogen (secondary N) is 1. The highest BCUT2D eigenvalue weighted by Gasteiger charge is 2.32. The number of esters is 1. The third kappa shape index (κ3) is 4.95. The van der Waals surface area contributed by atoms with E-state index in [4.69, 9.17) is 9.47 Å². The summed E-state index contributed by atoms with van der Waals surface area (Å²) < 4.78 is 11.1. The van der Waals surface area contributed by atoms with Gasteiger partial charge >= 0.3 is 5.97 Å². The molecule has 160 valence electrons. The molecule has 0 fully saturated rings. The van der Waals surface area contributed by atoms with Gasteiger partial charge in [-0.3, -0.25) is 0 Å². The van der Waals surface area contributed by atoms with E-state index in [1.807, 2.05) is 54.6 Å². The summed E-state index contributed by atoms with van der Waals surface area (Å²) in [6.45, 7) is 0.752. The standard InChI is InChI=1S/C26H27NO4/c1-30-26(29)20-13-11-19(12-14-20)24-17-22(27-16-15-18-7-3-2-4-8-18)25(28)21-9-5-6-10-23(21)31-24/h2-14,22,24-25,27-28H,15-17H2,1H3. The van der Waals surface area contributed by atoms with Crippen molar-refractivity contribution in [3.05, 3.63) is 101 Å². The molecular formula is C26H27NO4. The van der Waals surface area contributed by atoms with Crippen molar-refractivity contribution in [1.82, 2.24) is 5.32 Å². The average Bonchev–Trinajstić information content (AvgIpc) is 2.96. The van der Waals surface area contributed by atoms with E-state index in [1.165, 1.54) is 12.7 Å². The Balaban J connectivity index is 1.54. The summed E-state index contributed by atoms with van der Waals surface area (Å²) in [4.78, 5) is 11.8. The molecule has 0 spiro atoms. The number of methoxy groups -OCH3 is 1.